The molecule has 2 atom stereocenters. The van der Waals surface area contributed by atoms with Gasteiger partial charge in [0.15, 0.2) is 0 Å². The average Bonchev–Trinajstić information content (AvgIpc) is 2.45. The SMILES string of the molecule is COc1ccc(NC(C)=O)cc1NCC1CCCC(C)C1. The number of hydrogen-bond acceptors (Lipinski definition) is 3. The van der Waals surface area contributed by atoms with Gasteiger partial charge in [0.25, 0.3) is 0 Å². The molecule has 1 aliphatic carbocycles. The van der Waals surface area contributed by atoms with Crippen molar-refractivity contribution >= 4 is 17.3 Å². The summed E-state index contributed by atoms with van der Waals surface area (Å²) in [7, 11) is 1.67. The first-order valence-corrected chi connectivity index (χ1v) is 7.78. The van der Waals surface area contributed by atoms with Crippen LogP contribution in [-0.4, -0.2) is 19.6 Å². The van der Waals surface area contributed by atoms with Crippen molar-refractivity contribution in [2.45, 2.75) is 39.5 Å². The Balaban J connectivity index is 2.01. The smallest absolute Gasteiger partial charge is 0.221 e. The highest BCUT2D eigenvalue weighted by molar-refractivity contribution is 5.89. The van der Waals surface area contributed by atoms with Crippen molar-refractivity contribution in [3.05, 3.63) is 18.2 Å². The van der Waals surface area contributed by atoms with E-state index in [2.05, 4.69) is 17.6 Å². The number of nitrogens with one attached hydrogen (secondary N) is 2. The van der Waals surface area contributed by atoms with E-state index in [1.165, 1.54) is 32.6 Å². The van der Waals surface area contributed by atoms with E-state index in [1.54, 1.807) is 7.11 Å². The van der Waals surface area contributed by atoms with E-state index in [-0.39, 0.29) is 5.91 Å². The lowest BCUT2D eigenvalue weighted by Crippen LogP contribution is -2.21. The Kier molecular flexibility index (Phi) is 5.48. The normalized spacial score (nSPS) is 21.7. The molecule has 1 amide bonds. The zero-order valence-corrected chi connectivity index (χ0v) is 13.2. The van der Waals surface area contributed by atoms with Crippen LogP contribution in [0.2, 0.25) is 0 Å². The van der Waals surface area contributed by atoms with Gasteiger partial charge in [0.1, 0.15) is 5.75 Å². The van der Waals surface area contributed by atoms with Crippen LogP contribution in [0.3, 0.4) is 0 Å². The van der Waals surface area contributed by atoms with E-state index in [4.69, 9.17) is 4.74 Å². The van der Waals surface area contributed by atoms with Gasteiger partial charge in [-0.05, 0) is 42.9 Å². The minimum Gasteiger partial charge on any atom is -0.495 e. The van der Waals surface area contributed by atoms with E-state index in [1.807, 2.05) is 18.2 Å². The first kappa shape index (κ1) is 15.7. The first-order valence-electron chi connectivity index (χ1n) is 7.78. The van der Waals surface area contributed by atoms with Crippen molar-refractivity contribution in [3.8, 4) is 5.75 Å². The van der Waals surface area contributed by atoms with Gasteiger partial charge in [0, 0.05) is 19.2 Å². The molecule has 2 N–H and O–H groups in total. The van der Waals surface area contributed by atoms with E-state index >= 15 is 0 Å². The highest BCUT2D eigenvalue weighted by atomic mass is 16.5. The van der Waals surface area contributed by atoms with Crippen molar-refractivity contribution in [3.63, 3.8) is 0 Å². The number of hydrogen-bond donors (Lipinski definition) is 2. The van der Waals surface area contributed by atoms with Gasteiger partial charge in [-0.1, -0.05) is 19.8 Å². The third-order valence-electron chi connectivity index (χ3n) is 4.15. The molecule has 116 valence electrons. The number of anilines is 2. The topological polar surface area (TPSA) is 50.4 Å². The minimum absolute atomic E-state index is 0.0628. The fraction of sp³-hybridized carbons (Fsp3) is 0.588. The maximum atomic E-state index is 11.2. The van der Waals surface area contributed by atoms with Crippen LogP contribution < -0.4 is 15.4 Å². The van der Waals surface area contributed by atoms with Crippen LogP contribution in [-0.2, 0) is 4.79 Å². The standard InChI is InChI=1S/C17H26N2O2/c1-12-5-4-6-14(9-12)11-18-16-10-15(19-13(2)20)7-8-17(16)21-3/h7-8,10,12,14,18H,4-6,9,11H2,1-3H3,(H,19,20). The Labute approximate surface area is 127 Å². The van der Waals surface area contributed by atoms with E-state index < -0.39 is 0 Å². The molecule has 4 heteroatoms. The molecule has 2 unspecified atom stereocenters. The highest BCUT2D eigenvalue weighted by Crippen LogP contribution is 2.31. The second-order valence-corrected chi connectivity index (χ2v) is 6.11. The van der Waals surface area contributed by atoms with Crippen LogP contribution in [0.5, 0.6) is 5.75 Å². The van der Waals surface area contributed by atoms with Gasteiger partial charge in [-0.3, -0.25) is 4.79 Å². The number of amides is 1. The lowest BCUT2D eigenvalue weighted by molar-refractivity contribution is -0.114. The maximum absolute atomic E-state index is 11.2. The van der Waals surface area contributed by atoms with Gasteiger partial charge in [0.05, 0.1) is 12.8 Å². The molecule has 0 bridgehead atoms. The lowest BCUT2D eigenvalue weighted by atomic mass is 9.82. The monoisotopic (exact) mass is 290 g/mol. The molecular formula is C17H26N2O2. The Morgan fingerprint density at radius 2 is 2.19 bits per heavy atom. The Bertz CT molecular complexity index is 488. The van der Waals surface area contributed by atoms with Crippen molar-refractivity contribution in [1.82, 2.24) is 0 Å². The fourth-order valence-corrected chi connectivity index (χ4v) is 3.13. The van der Waals surface area contributed by atoms with Crippen LogP contribution >= 0.6 is 0 Å². The molecule has 21 heavy (non-hydrogen) atoms. The van der Waals surface area contributed by atoms with Gasteiger partial charge in [-0.25, -0.2) is 0 Å². The molecule has 0 aliphatic heterocycles. The maximum Gasteiger partial charge on any atom is 0.221 e. The van der Waals surface area contributed by atoms with Crippen molar-refractivity contribution < 1.29 is 9.53 Å². The van der Waals surface area contributed by atoms with Gasteiger partial charge < -0.3 is 15.4 Å². The van der Waals surface area contributed by atoms with Crippen molar-refractivity contribution in [2.24, 2.45) is 11.8 Å². The second kappa shape index (κ2) is 7.34. The van der Waals surface area contributed by atoms with Gasteiger partial charge >= 0.3 is 0 Å². The molecule has 0 spiro atoms. The number of methoxy groups -OCH3 is 1. The van der Waals surface area contributed by atoms with Crippen molar-refractivity contribution in [1.29, 1.82) is 0 Å². The van der Waals surface area contributed by atoms with Gasteiger partial charge in [0.2, 0.25) is 5.91 Å². The predicted molar refractivity (Wildman–Crippen MR) is 86.9 cm³/mol. The van der Waals surface area contributed by atoms with Crippen LogP contribution in [0.25, 0.3) is 0 Å². The number of rotatable bonds is 5. The molecule has 2 rings (SSSR count). The van der Waals surface area contributed by atoms with Gasteiger partial charge in [-0.15, -0.1) is 0 Å². The van der Waals surface area contributed by atoms with E-state index in [9.17, 15) is 4.79 Å². The van der Waals surface area contributed by atoms with Crippen LogP contribution in [0.15, 0.2) is 18.2 Å². The quantitative estimate of drug-likeness (QED) is 0.865. The predicted octanol–water partition coefficient (Wildman–Crippen LogP) is 3.89. The summed E-state index contributed by atoms with van der Waals surface area (Å²) in [6.07, 6.45) is 5.28. The Morgan fingerprint density at radius 1 is 1.38 bits per heavy atom. The largest absolute Gasteiger partial charge is 0.495 e. The third kappa shape index (κ3) is 4.66. The zero-order chi connectivity index (χ0) is 15.2. The lowest BCUT2D eigenvalue weighted by Gasteiger charge is -2.27. The van der Waals surface area contributed by atoms with Crippen LogP contribution in [0, 0.1) is 11.8 Å². The summed E-state index contributed by atoms with van der Waals surface area (Å²) in [6, 6.07) is 5.68. The van der Waals surface area contributed by atoms with Crippen LogP contribution in [0.1, 0.15) is 39.5 Å². The molecule has 4 nitrogen and oxygen atoms in total. The molecule has 1 aromatic carbocycles. The summed E-state index contributed by atoms with van der Waals surface area (Å²) in [5, 5.41) is 6.30. The first-order chi connectivity index (χ1) is 10.1. The number of carbonyl (C=O) groups is 1. The summed E-state index contributed by atoms with van der Waals surface area (Å²) in [6.45, 7) is 4.81. The second-order valence-electron chi connectivity index (χ2n) is 6.11. The molecule has 1 aliphatic rings. The third-order valence-corrected chi connectivity index (χ3v) is 4.15. The number of ether oxygens (including phenoxy) is 1. The van der Waals surface area contributed by atoms with Gasteiger partial charge in [-0.2, -0.15) is 0 Å². The van der Waals surface area contributed by atoms with Crippen molar-refractivity contribution in [2.75, 3.05) is 24.3 Å². The molecule has 1 fully saturated rings. The Morgan fingerprint density at radius 3 is 2.86 bits per heavy atom. The molecule has 0 radical (unpaired) electrons. The molecule has 0 aromatic heterocycles. The zero-order valence-electron chi connectivity index (χ0n) is 13.2. The fourth-order valence-electron chi connectivity index (χ4n) is 3.13. The minimum atomic E-state index is -0.0628. The molecule has 0 saturated heterocycles. The summed E-state index contributed by atoms with van der Waals surface area (Å²) in [5.74, 6) is 2.31. The summed E-state index contributed by atoms with van der Waals surface area (Å²) in [5.41, 5.74) is 1.74. The molecule has 0 heterocycles. The number of carbonyl (C=O) groups excluding carboxylic acids is 1. The van der Waals surface area contributed by atoms with E-state index in [0.29, 0.717) is 0 Å². The molecule has 1 aromatic rings. The molecule has 1 saturated carbocycles. The summed E-state index contributed by atoms with van der Waals surface area (Å²) < 4.78 is 5.39. The highest BCUT2D eigenvalue weighted by Gasteiger charge is 2.19. The van der Waals surface area contributed by atoms with E-state index in [0.717, 1.165) is 35.5 Å². The van der Waals surface area contributed by atoms with Crippen LogP contribution in [0.4, 0.5) is 11.4 Å². The Hall–Kier alpha value is -1.71. The average molecular weight is 290 g/mol. The summed E-state index contributed by atoms with van der Waals surface area (Å²) >= 11 is 0. The summed E-state index contributed by atoms with van der Waals surface area (Å²) in [4.78, 5) is 11.2. The molecular weight excluding hydrogens is 264 g/mol. The number of benzene rings is 1.